The lowest BCUT2D eigenvalue weighted by Gasteiger charge is -2.18. The Hall–Kier alpha value is -2.52. The first kappa shape index (κ1) is 26.5. The SMILES string of the molecule is CC(C)(O)O.CCOC(CCNC(=O)c1ccccc1)CNC(=O)c1ccncc1Cl. The Bertz CT molecular complexity index is 806. The molecule has 31 heavy (non-hydrogen) atoms. The summed E-state index contributed by atoms with van der Waals surface area (Å²) in [7, 11) is 0. The maximum atomic E-state index is 12.2. The number of aliphatic hydroxyl groups is 2. The summed E-state index contributed by atoms with van der Waals surface area (Å²) in [5.74, 6) is -1.91. The Kier molecular flexibility index (Phi) is 11.7. The van der Waals surface area contributed by atoms with Crippen LogP contribution in [0.3, 0.4) is 0 Å². The van der Waals surface area contributed by atoms with Crippen molar-refractivity contribution in [2.24, 2.45) is 0 Å². The highest BCUT2D eigenvalue weighted by Crippen LogP contribution is 2.13. The van der Waals surface area contributed by atoms with Gasteiger partial charge in [-0.2, -0.15) is 0 Å². The van der Waals surface area contributed by atoms with Crippen LogP contribution in [0.2, 0.25) is 5.02 Å². The number of hydrogen-bond acceptors (Lipinski definition) is 6. The van der Waals surface area contributed by atoms with Crippen LogP contribution in [0.1, 0.15) is 47.9 Å². The third-order valence-electron chi connectivity index (χ3n) is 3.70. The number of nitrogens with one attached hydrogen (secondary N) is 2. The van der Waals surface area contributed by atoms with Crippen molar-refractivity contribution in [3.05, 3.63) is 64.9 Å². The number of aromatic nitrogens is 1. The van der Waals surface area contributed by atoms with Gasteiger partial charge in [0.1, 0.15) is 0 Å². The molecule has 8 nitrogen and oxygen atoms in total. The fourth-order valence-corrected chi connectivity index (χ4v) is 2.58. The molecule has 0 saturated carbocycles. The van der Waals surface area contributed by atoms with Crippen molar-refractivity contribution in [3.63, 3.8) is 0 Å². The molecule has 2 rings (SSSR count). The summed E-state index contributed by atoms with van der Waals surface area (Å²) in [6.07, 6.45) is 3.31. The normalized spacial score (nSPS) is 11.7. The van der Waals surface area contributed by atoms with Gasteiger partial charge in [-0.3, -0.25) is 14.6 Å². The number of amides is 2. The second kappa shape index (κ2) is 13.7. The largest absolute Gasteiger partial charge is 0.377 e. The molecule has 4 N–H and O–H groups in total. The van der Waals surface area contributed by atoms with Gasteiger partial charge in [-0.15, -0.1) is 0 Å². The van der Waals surface area contributed by atoms with Crippen LogP contribution in [0, 0.1) is 0 Å². The molecule has 0 fully saturated rings. The van der Waals surface area contributed by atoms with E-state index in [0.717, 1.165) is 0 Å². The standard InChI is InChI=1S/C19H22ClN3O3.C3H8O2/c1-2-26-15(8-11-22-18(24)14-6-4-3-5-7-14)12-23-19(25)16-9-10-21-13-17(16)20;1-3(2,4)5/h3-7,9-10,13,15H,2,8,11-12H2,1H3,(H,22,24)(H,23,25);4-5H,1-2H3. The van der Waals surface area contributed by atoms with Crippen LogP contribution in [-0.4, -0.2) is 58.6 Å². The summed E-state index contributed by atoms with van der Waals surface area (Å²) in [4.78, 5) is 28.1. The summed E-state index contributed by atoms with van der Waals surface area (Å²) < 4.78 is 5.63. The van der Waals surface area contributed by atoms with Gasteiger partial charge >= 0.3 is 0 Å². The van der Waals surface area contributed by atoms with E-state index in [1.54, 1.807) is 18.2 Å². The van der Waals surface area contributed by atoms with Crippen molar-refractivity contribution in [2.45, 2.75) is 39.1 Å². The third kappa shape index (κ3) is 12.0. The third-order valence-corrected chi connectivity index (χ3v) is 4.00. The maximum Gasteiger partial charge on any atom is 0.252 e. The van der Waals surface area contributed by atoms with Gasteiger partial charge < -0.3 is 25.6 Å². The van der Waals surface area contributed by atoms with Crippen molar-refractivity contribution < 1.29 is 24.5 Å². The minimum atomic E-state index is -1.50. The predicted molar refractivity (Wildman–Crippen MR) is 119 cm³/mol. The van der Waals surface area contributed by atoms with Crippen LogP contribution >= 0.6 is 11.6 Å². The first-order chi connectivity index (χ1) is 14.6. The first-order valence-corrected chi connectivity index (χ1v) is 10.3. The average molecular weight is 452 g/mol. The zero-order chi connectivity index (χ0) is 23.3. The number of carbonyl (C=O) groups excluding carboxylic acids is 2. The zero-order valence-electron chi connectivity index (χ0n) is 18.0. The van der Waals surface area contributed by atoms with Crippen molar-refractivity contribution in [1.82, 2.24) is 15.6 Å². The van der Waals surface area contributed by atoms with Gasteiger partial charge in [0.15, 0.2) is 5.79 Å². The molecule has 2 amide bonds. The van der Waals surface area contributed by atoms with E-state index in [4.69, 9.17) is 26.6 Å². The number of pyridine rings is 1. The molecule has 2 aromatic rings. The highest BCUT2D eigenvalue weighted by Gasteiger charge is 2.14. The molecule has 170 valence electrons. The maximum absolute atomic E-state index is 12.2. The van der Waals surface area contributed by atoms with Gasteiger partial charge in [0.2, 0.25) is 0 Å². The second-order valence-electron chi connectivity index (χ2n) is 7.05. The van der Waals surface area contributed by atoms with E-state index in [2.05, 4.69) is 15.6 Å². The molecular weight excluding hydrogens is 422 g/mol. The molecule has 9 heteroatoms. The second-order valence-corrected chi connectivity index (χ2v) is 7.46. The zero-order valence-corrected chi connectivity index (χ0v) is 18.7. The van der Waals surface area contributed by atoms with Crippen molar-refractivity contribution in [1.29, 1.82) is 0 Å². The van der Waals surface area contributed by atoms with E-state index in [1.807, 2.05) is 25.1 Å². The Morgan fingerprint density at radius 1 is 1.13 bits per heavy atom. The van der Waals surface area contributed by atoms with Gasteiger partial charge in [0.25, 0.3) is 11.8 Å². The van der Waals surface area contributed by atoms with Crippen LogP contribution in [0.4, 0.5) is 0 Å². The lowest BCUT2D eigenvalue weighted by molar-refractivity contribution is -0.127. The van der Waals surface area contributed by atoms with Gasteiger partial charge in [0, 0.05) is 37.7 Å². The molecule has 0 aliphatic heterocycles. The molecule has 1 aromatic carbocycles. The molecule has 0 radical (unpaired) electrons. The first-order valence-electron chi connectivity index (χ1n) is 9.89. The van der Waals surface area contributed by atoms with Crippen molar-refractivity contribution in [2.75, 3.05) is 19.7 Å². The van der Waals surface area contributed by atoms with Crippen LogP contribution in [0.5, 0.6) is 0 Å². The van der Waals surface area contributed by atoms with E-state index in [0.29, 0.717) is 42.3 Å². The van der Waals surface area contributed by atoms with Gasteiger partial charge in [0.05, 0.1) is 16.7 Å². The highest BCUT2D eigenvalue weighted by atomic mass is 35.5. The molecule has 0 aliphatic carbocycles. The minimum Gasteiger partial charge on any atom is -0.377 e. The fraction of sp³-hybridized carbons (Fsp3) is 0.409. The number of carbonyl (C=O) groups is 2. The summed E-state index contributed by atoms with van der Waals surface area (Å²) in [5, 5.41) is 22.1. The van der Waals surface area contributed by atoms with Crippen LogP contribution in [-0.2, 0) is 4.74 Å². The highest BCUT2D eigenvalue weighted by molar-refractivity contribution is 6.33. The van der Waals surface area contributed by atoms with Gasteiger partial charge in [-0.25, -0.2) is 0 Å². The Labute approximate surface area is 187 Å². The van der Waals surface area contributed by atoms with Crippen LogP contribution < -0.4 is 10.6 Å². The molecule has 0 saturated heterocycles. The molecule has 0 aliphatic rings. The number of rotatable bonds is 9. The Morgan fingerprint density at radius 2 is 1.77 bits per heavy atom. The average Bonchev–Trinajstić information content (AvgIpc) is 2.71. The molecule has 1 aromatic heterocycles. The number of hydrogen-bond donors (Lipinski definition) is 4. The minimum absolute atomic E-state index is 0.131. The summed E-state index contributed by atoms with van der Waals surface area (Å²) in [6.45, 7) is 5.77. The Morgan fingerprint density at radius 3 is 2.35 bits per heavy atom. The molecule has 0 spiro atoms. The quantitative estimate of drug-likeness (QED) is 0.434. The lowest BCUT2D eigenvalue weighted by atomic mass is 10.2. The predicted octanol–water partition coefficient (Wildman–Crippen LogP) is 2.40. The van der Waals surface area contributed by atoms with Crippen LogP contribution in [0.25, 0.3) is 0 Å². The van der Waals surface area contributed by atoms with Crippen molar-refractivity contribution in [3.8, 4) is 0 Å². The van der Waals surface area contributed by atoms with Gasteiger partial charge in [-0.1, -0.05) is 29.8 Å². The van der Waals surface area contributed by atoms with E-state index in [1.165, 1.54) is 26.2 Å². The number of ether oxygens (including phenoxy) is 1. The number of halogens is 1. The topological polar surface area (TPSA) is 121 Å². The molecule has 1 unspecified atom stereocenters. The number of benzene rings is 1. The summed E-state index contributed by atoms with van der Waals surface area (Å²) in [5.41, 5.74) is 0.982. The molecule has 0 bridgehead atoms. The smallest absolute Gasteiger partial charge is 0.252 e. The monoisotopic (exact) mass is 451 g/mol. The number of nitrogens with zero attached hydrogens (tertiary/aromatic N) is 1. The molecule has 1 atom stereocenters. The van der Waals surface area contributed by atoms with Gasteiger partial charge in [-0.05, 0) is 45.4 Å². The molecular formula is C22H30ClN3O5. The fourth-order valence-electron chi connectivity index (χ4n) is 2.38. The van der Waals surface area contributed by atoms with E-state index >= 15 is 0 Å². The van der Waals surface area contributed by atoms with E-state index in [9.17, 15) is 9.59 Å². The molecule has 1 heterocycles. The van der Waals surface area contributed by atoms with E-state index in [-0.39, 0.29) is 17.9 Å². The van der Waals surface area contributed by atoms with Crippen molar-refractivity contribution >= 4 is 23.4 Å². The Balaban J connectivity index is 0.000000861. The van der Waals surface area contributed by atoms with Crippen LogP contribution in [0.15, 0.2) is 48.8 Å². The summed E-state index contributed by atoms with van der Waals surface area (Å²) >= 11 is 5.97. The summed E-state index contributed by atoms with van der Waals surface area (Å²) in [6, 6.07) is 10.6. The lowest BCUT2D eigenvalue weighted by Crippen LogP contribution is -2.36. The van der Waals surface area contributed by atoms with E-state index < -0.39 is 5.79 Å².